The molecule has 0 aromatic heterocycles. The zero-order chi connectivity index (χ0) is 14.6. The maximum Gasteiger partial charge on any atom is 0.119 e. The summed E-state index contributed by atoms with van der Waals surface area (Å²) in [5.74, 6) is 0.187. The second-order valence-electron chi connectivity index (χ2n) is 5.89. The predicted octanol–water partition coefficient (Wildman–Crippen LogP) is 2.47. The molecule has 0 fully saturated rings. The van der Waals surface area contributed by atoms with E-state index in [0.29, 0.717) is 6.54 Å². The molecule has 108 valence electrons. The van der Waals surface area contributed by atoms with Crippen LogP contribution in [0.5, 0.6) is 11.5 Å². The molecule has 0 spiro atoms. The number of benzene rings is 1. The van der Waals surface area contributed by atoms with Gasteiger partial charge in [0.2, 0.25) is 0 Å². The van der Waals surface area contributed by atoms with Gasteiger partial charge >= 0.3 is 0 Å². The van der Waals surface area contributed by atoms with Gasteiger partial charge in [-0.25, -0.2) is 0 Å². The molecule has 4 heteroatoms. The van der Waals surface area contributed by atoms with E-state index in [0.717, 1.165) is 18.7 Å². The number of phenols is 2. The number of hydrogen-bond acceptors (Lipinski definition) is 4. The van der Waals surface area contributed by atoms with Gasteiger partial charge in [-0.05, 0) is 43.1 Å². The second-order valence-corrected chi connectivity index (χ2v) is 5.89. The molecule has 1 aromatic carbocycles. The second kappa shape index (κ2) is 6.26. The van der Waals surface area contributed by atoms with Crippen LogP contribution in [0.2, 0.25) is 0 Å². The minimum absolute atomic E-state index is 0.0448. The summed E-state index contributed by atoms with van der Waals surface area (Å²) in [5.41, 5.74) is 6.74. The van der Waals surface area contributed by atoms with E-state index >= 15 is 0 Å². The molecule has 0 heterocycles. The van der Waals surface area contributed by atoms with Gasteiger partial charge in [0.1, 0.15) is 11.5 Å². The minimum atomic E-state index is 0.0448. The first-order valence-electron chi connectivity index (χ1n) is 6.76. The molecule has 0 bridgehead atoms. The van der Waals surface area contributed by atoms with Crippen LogP contribution >= 0.6 is 0 Å². The Labute approximate surface area is 115 Å². The predicted molar refractivity (Wildman–Crippen MR) is 78.3 cm³/mol. The topological polar surface area (TPSA) is 69.7 Å². The Morgan fingerprint density at radius 1 is 1.21 bits per heavy atom. The van der Waals surface area contributed by atoms with Gasteiger partial charge < -0.3 is 15.9 Å². The van der Waals surface area contributed by atoms with Gasteiger partial charge in [0.25, 0.3) is 0 Å². The molecule has 0 saturated carbocycles. The van der Waals surface area contributed by atoms with Crippen LogP contribution in [-0.4, -0.2) is 34.7 Å². The Morgan fingerprint density at radius 3 is 2.16 bits per heavy atom. The monoisotopic (exact) mass is 266 g/mol. The number of nitrogens with two attached hydrogens (primary N) is 1. The van der Waals surface area contributed by atoms with Crippen LogP contribution < -0.4 is 5.73 Å². The Morgan fingerprint density at radius 2 is 1.74 bits per heavy atom. The molecule has 0 aliphatic heterocycles. The van der Waals surface area contributed by atoms with Gasteiger partial charge in [-0.15, -0.1) is 0 Å². The van der Waals surface area contributed by atoms with E-state index < -0.39 is 0 Å². The molecule has 1 atom stereocenters. The summed E-state index contributed by atoms with van der Waals surface area (Å²) in [6.45, 7) is 10.8. The van der Waals surface area contributed by atoms with Gasteiger partial charge in [-0.1, -0.05) is 20.8 Å². The highest BCUT2D eigenvalue weighted by atomic mass is 16.3. The van der Waals surface area contributed by atoms with Gasteiger partial charge in [0.05, 0.1) is 0 Å². The molecular formula is C15H26N2O2. The van der Waals surface area contributed by atoms with Crippen molar-refractivity contribution in [1.82, 2.24) is 4.90 Å². The average Bonchev–Trinajstić information content (AvgIpc) is 2.34. The largest absolute Gasteiger partial charge is 0.508 e. The van der Waals surface area contributed by atoms with Gasteiger partial charge in [0, 0.05) is 18.7 Å². The van der Waals surface area contributed by atoms with Gasteiger partial charge in [-0.3, -0.25) is 4.90 Å². The smallest absolute Gasteiger partial charge is 0.119 e. The van der Waals surface area contributed by atoms with Crippen LogP contribution in [0.25, 0.3) is 0 Å². The number of phenolic OH excluding ortho intramolecular Hbond substituents is 2. The third-order valence-corrected chi connectivity index (χ3v) is 3.54. The highest BCUT2D eigenvalue weighted by Gasteiger charge is 2.23. The fourth-order valence-electron chi connectivity index (χ4n) is 2.21. The van der Waals surface area contributed by atoms with E-state index in [-0.39, 0.29) is 23.0 Å². The van der Waals surface area contributed by atoms with Crippen molar-refractivity contribution in [2.45, 2.75) is 33.7 Å². The highest BCUT2D eigenvalue weighted by molar-refractivity contribution is 5.38. The van der Waals surface area contributed by atoms with Crippen molar-refractivity contribution in [3.8, 4) is 11.5 Å². The lowest BCUT2D eigenvalue weighted by Gasteiger charge is -2.35. The van der Waals surface area contributed by atoms with Crippen molar-refractivity contribution in [3.63, 3.8) is 0 Å². The highest BCUT2D eigenvalue weighted by Crippen LogP contribution is 2.29. The first-order valence-corrected chi connectivity index (χ1v) is 6.76. The fraction of sp³-hybridized carbons (Fsp3) is 0.600. The Hall–Kier alpha value is -1.26. The molecule has 1 rings (SSSR count). The summed E-state index contributed by atoms with van der Waals surface area (Å²) < 4.78 is 0. The zero-order valence-corrected chi connectivity index (χ0v) is 12.3. The molecule has 1 unspecified atom stereocenters. The van der Waals surface area contributed by atoms with Crippen LogP contribution in [-0.2, 0) is 0 Å². The van der Waals surface area contributed by atoms with Crippen LogP contribution in [0.4, 0.5) is 0 Å². The van der Waals surface area contributed by atoms with E-state index in [1.165, 1.54) is 6.07 Å². The van der Waals surface area contributed by atoms with E-state index in [9.17, 15) is 10.2 Å². The van der Waals surface area contributed by atoms with Gasteiger partial charge in [-0.2, -0.15) is 0 Å². The lowest BCUT2D eigenvalue weighted by atomic mass is 9.92. The molecule has 0 radical (unpaired) electrons. The Balaban J connectivity index is 2.92. The van der Waals surface area contributed by atoms with Crippen LogP contribution in [0, 0.1) is 5.41 Å². The lowest BCUT2D eigenvalue weighted by molar-refractivity contribution is 0.147. The molecule has 0 amide bonds. The lowest BCUT2D eigenvalue weighted by Crippen LogP contribution is -2.39. The molecule has 19 heavy (non-hydrogen) atoms. The van der Waals surface area contributed by atoms with Crippen molar-refractivity contribution in [1.29, 1.82) is 0 Å². The van der Waals surface area contributed by atoms with Gasteiger partial charge in [0.15, 0.2) is 0 Å². The number of hydrogen-bond donors (Lipinski definition) is 3. The summed E-state index contributed by atoms with van der Waals surface area (Å²) in [4.78, 5) is 2.29. The molecular weight excluding hydrogens is 240 g/mol. The van der Waals surface area contributed by atoms with Crippen LogP contribution in [0.3, 0.4) is 0 Å². The zero-order valence-electron chi connectivity index (χ0n) is 12.3. The van der Waals surface area contributed by atoms with Crippen molar-refractivity contribution in [3.05, 3.63) is 23.8 Å². The van der Waals surface area contributed by atoms with Crippen molar-refractivity contribution >= 4 is 0 Å². The van der Waals surface area contributed by atoms with Crippen molar-refractivity contribution < 1.29 is 10.2 Å². The normalized spacial score (nSPS) is 13.8. The molecule has 4 N–H and O–H groups in total. The molecule has 0 aliphatic rings. The van der Waals surface area contributed by atoms with Crippen molar-refractivity contribution in [2.75, 3.05) is 19.6 Å². The standard InChI is InChI=1S/C15H26N2O2/c1-5-17(10-15(3,4)9-16)11(2)12-6-13(18)8-14(19)7-12/h6-8,11,18-19H,5,9-10,16H2,1-4H3. The quantitative estimate of drug-likeness (QED) is 0.740. The number of nitrogens with zero attached hydrogens (tertiary/aromatic N) is 1. The summed E-state index contributed by atoms with van der Waals surface area (Å²) in [7, 11) is 0. The summed E-state index contributed by atoms with van der Waals surface area (Å²) in [6.07, 6.45) is 0. The molecule has 1 aromatic rings. The van der Waals surface area contributed by atoms with E-state index in [4.69, 9.17) is 5.73 Å². The SMILES string of the molecule is CCN(CC(C)(C)CN)C(C)c1cc(O)cc(O)c1. The van der Waals surface area contributed by atoms with Crippen LogP contribution in [0.1, 0.15) is 39.3 Å². The molecule has 0 saturated heterocycles. The first-order chi connectivity index (χ1) is 8.79. The fourth-order valence-corrected chi connectivity index (χ4v) is 2.21. The number of rotatable bonds is 6. The minimum Gasteiger partial charge on any atom is -0.508 e. The summed E-state index contributed by atoms with van der Waals surface area (Å²) in [6, 6.07) is 4.86. The van der Waals surface area contributed by atoms with E-state index in [1.54, 1.807) is 12.1 Å². The summed E-state index contributed by atoms with van der Waals surface area (Å²) in [5, 5.41) is 19.2. The number of aromatic hydroxyl groups is 2. The third kappa shape index (κ3) is 4.40. The van der Waals surface area contributed by atoms with E-state index in [2.05, 4.69) is 32.6 Å². The Kier molecular flexibility index (Phi) is 5.20. The maximum atomic E-state index is 9.58. The average molecular weight is 266 g/mol. The molecule has 0 aliphatic carbocycles. The van der Waals surface area contributed by atoms with E-state index in [1.807, 2.05) is 0 Å². The maximum absolute atomic E-state index is 9.58. The first kappa shape index (κ1) is 15.8. The molecule has 4 nitrogen and oxygen atoms in total. The van der Waals surface area contributed by atoms with Crippen LogP contribution in [0.15, 0.2) is 18.2 Å². The van der Waals surface area contributed by atoms with Crippen molar-refractivity contribution in [2.24, 2.45) is 11.1 Å². The summed E-state index contributed by atoms with van der Waals surface area (Å²) >= 11 is 0. The Bertz CT molecular complexity index is 398. The third-order valence-electron chi connectivity index (χ3n) is 3.54.